The smallest absolute Gasteiger partial charge is 0.161 e. The Morgan fingerprint density at radius 2 is 2.11 bits per heavy atom. The molecule has 0 saturated heterocycles. The van der Waals surface area contributed by atoms with Crippen molar-refractivity contribution in [2.45, 2.75) is 18.8 Å². The van der Waals surface area contributed by atoms with Gasteiger partial charge in [-0.1, -0.05) is 23.7 Å². The number of hydrogen-bond acceptors (Lipinski definition) is 3. The number of rotatable bonds is 3. The van der Waals surface area contributed by atoms with Gasteiger partial charge in [-0.3, -0.25) is 0 Å². The van der Waals surface area contributed by atoms with Gasteiger partial charge in [0.05, 0.1) is 17.3 Å². The predicted octanol–water partition coefficient (Wildman–Crippen LogP) is 4.45. The van der Waals surface area contributed by atoms with Gasteiger partial charge in [0.2, 0.25) is 0 Å². The number of hydrogen-bond donors (Lipinski definition) is 0. The van der Waals surface area contributed by atoms with Gasteiger partial charge in [0.1, 0.15) is 10.9 Å². The van der Waals surface area contributed by atoms with Gasteiger partial charge in [0, 0.05) is 11.5 Å². The van der Waals surface area contributed by atoms with Gasteiger partial charge in [-0.05, 0) is 40.9 Å². The van der Waals surface area contributed by atoms with Gasteiger partial charge in [0.15, 0.2) is 5.82 Å². The molecule has 1 fully saturated rings. The van der Waals surface area contributed by atoms with Crippen molar-refractivity contribution in [1.29, 1.82) is 0 Å². The molecule has 0 radical (unpaired) electrons. The zero-order chi connectivity index (χ0) is 13.4. The Morgan fingerprint density at radius 3 is 2.79 bits per heavy atom. The quantitative estimate of drug-likeness (QED) is 0.775. The van der Waals surface area contributed by atoms with Crippen LogP contribution in [0.3, 0.4) is 0 Å². The Bertz CT molecular complexity index is 629. The third-order valence-electron chi connectivity index (χ3n) is 3.13. The lowest BCUT2D eigenvalue weighted by atomic mass is 10.2. The van der Waals surface area contributed by atoms with E-state index >= 15 is 0 Å². The highest BCUT2D eigenvalue weighted by Crippen LogP contribution is 2.44. The van der Waals surface area contributed by atoms with Crippen LogP contribution in [0.25, 0.3) is 11.4 Å². The maximum absolute atomic E-state index is 6.19. The average molecular weight is 340 g/mol. The fraction of sp³-hybridized carbons (Fsp3) is 0.286. The molecule has 1 heterocycles. The molecule has 0 spiro atoms. The second kappa shape index (κ2) is 5.10. The summed E-state index contributed by atoms with van der Waals surface area (Å²) in [5.74, 6) is 1.95. The van der Waals surface area contributed by atoms with Crippen molar-refractivity contribution in [3.63, 3.8) is 0 Å². The topological polar surface area (TPSA) is 35.0 Å². The van der Waals surface area contributed by atoms with Crippen molar-refractivity contribution in [1.82, 2.24) is 9.97 Å². The lowest BCUT2D eigenvalue weighted by Gasteiger charge is -2.08. The molecule has 3 rings (SSSR count). The van der Waals surface area contributed by atoms with Crippen molar-refractivity contribution >= 4 is 27.5 Å². The first kappa shape index (κ1) is 12.9. The first-order chi connectivity index (χ1) is 9.19. The summed E-state index contributed by atoms with van der Waals surface area (Å²) in [5, 5.41) is 0.467. The molecule has 0 atom stereocenters. The van der Waals surface area contributed by atoms with Gasteiger partial charge in [-0.15, -0.1) is 0 Å². The van der Waals surface area contributed by atoms with E-state index in [1.807, 2.05) is 24.3 Å². The molecule has 5 heteroatoms. The third-order valence-corrected chi connectivity index (χ3v) is 4.41. The number of aromatic nitrogens is 2. The summed E-state index contributed by atoms with van der Waals surface area (Å²) in [6.07, 6.45) is 2.34. The van der Waals surface area contributed by atoms with E-state index in [0.717, 1.165) is 21.5 Å². The van der Waals surface area contributed by atoms with Crippen LogP contribution in [0.2, 0.25) is 5.15 Å². The number of benzene rings is 1. The second-order valence-corrected chi connectivity index (χ2v) is 5.69. The molecule has 0 N–H and O–H groups in total. The molecule has 1 aliphatic carbocycles. The molecular weight excluding hydrogens is 328 g/mol. The van der Waals surface area contributed by atoms with Crippen LogP contribution in [0.5, 0.6) is 5.75 Å². The molecule has 2 aromatic rings. The molecule has 3 nitrogen and oxygen atoms in total. The van der Waals surface area contributed by atoms with E-state index < -0.39 is 0 Å². The Kier molecular flexibility index (Phi) is 3.46. The molecule has 0 unspecified atom stereocenters. The minimum absolute atomic E-state index is 0.467. The predicted molar refractivity (Wildman–Crippen MR) is 78.7 cm³/mol. The van der Waals surface area contributed by atoms with E-state index in [-0.39, 0.29) is 0 Å². The summed E-state index contributed by atoms with van der Waals surface area (Å²) in [6, 6.07) is 7.69. The second-order valence-electron chi connectivity index (χ2n) is 4.54. The Hall–Kier alpha value is -1.13. The van der Waals surface area contributed by atoms with Gasteiger partial charge < -0.3 is 4.74 Å². The van der Waals surface area contributed by atoms with E-state index in [9.17, 15) is 0 Å². The first-order valence-electron chi connectivity index (χ1n) is 6.06. The lowest BCUT2D eigenvalue weighted by molar-refractivity contribution is 0.415. The molecule has 0 aliphatic heterocycles. The highest BCUT2D eigenvalue weighted by atomic mass is 79.9. The van der Waals surface area contributed by atoms with Gasteiger partial charge in [-0.2, -0.15) is 0 Å². The zero-order valence-electron chi connectivity index (χ0n) is 10.4. The summed E-state index contributed by atoms with van der Waals surface area (Å²) in [5.41, 5.74) is 1.92. The fourth-order valence-electron chi connectivity index (χ4n) is 1.95. The van der Waals surface area contributed by atoms with Crippen molar-refractivity contribution in [2.24, 2.45) is 0 Å². The summed E-state index contributed by atoms with van der Waals surface area (Å²) in [6.45, 7) is 0. The fourth-order valence-corrected chi connectivity index (χ4v) is 2.63. The minimum Gasteiger partial charge on any atom is -0.497 e. The largest absolute Gasteiger partial charge is 0.497 e. The summed E-state index contributed by atoms with van der Waals surface area (Å²) >= 11 is 9.66. The monoisotopic (exact) mass is 338 g/mol. The Labute approximate surface area is 125 Å². The van der Waals surface area contributed by atoms with Crippen LogP contribution in [0.4, 0.5) is 0 Å². The van der Waals surface area contributed by atoms with Crippen LogP contribution in [0.1, 0.15) is 24.5 Å². The number of halogens is 2. The average Bonchev–Trinajstić information content (AvgIpc) is 3.26. The molecule has 1 aromatic heterocycles. The maximum Gasteiger partial charge on any atom is 0.161 e. The van der Waals surface area contributed by atoms with Crippen LogP contribution in [-0.2, 0) is 0 Å². The zero-order valence-corrected chi connectivity index (χ0v) is 12.7. The van der Waals surface area contributed by atoms with Crippen LogP contribution in [0.15, 0.2) is 28.7 Å². The summed E-state index contributed by atoms with van der Waals surface area (Å²) < 4.78 is 6.05. The standard InChI is InChI=1S/C14H12BrClN2O/c1-19-10-4-2-3-9(7-10)14-17-12(8-5-6-8)11(15)13(16)18-14/h2-4,7-8H,5-6H2,1H3. The van der Waals surface area contributed by atoms with Crippen molar-refractivity contribution in [2.75, 3.05) is 7.11 Å². The Morgan fingerprint density at radius 1 is 1.32 bits per heavy atom. The van der Waals surface area contributed by atoms with Crippen LogP contribution in [-0.4, -0.2) is 17.1 Å². The highest BCUT2D eigenvalue weighted by molar-refractivity contribution is 9.10. The number of methoxy groups -OCH3 is 1. The molecule has 0 bridgehead atoms. The van der Waals surface area contributed by atoms with Gasteiger partial charge in [-0.25, -0.2) is 9.97 Å². The molecule has 98 valence electrons. The maximum atomic E-state index is 6.19. The Balaban J connectivity index is 2.08. The minimum atomic E-state index is 0.467. The van der Waals surface area contributed by atoms with E-state index in [4.69, 9.17) is 16.3 Å². The third kappa shape index (κ3) is 2.60. The van der Waals surface area contributed by atoms with Crippen LogP contribution < -0.4 is 4.74 Å². The summed E-state index contributed by atoms with van der Waals surface area (Å²) in [7, 11) is 1.64. The normalized spacial score (nSPS) is 14.5. The molecular formula is C14H12BrClN2O. The number of ether oxygens (including phenoxy) is 1. The van der Waals surface area contributed by atoms with E-state index in [1.165, 1.54) is 12.8 Å². The lowest BCUT2D eigenvalue weighted by Crippen LogP contribution is -1.97. The number of nitrogens with zero attached hydrogens (tertiary/aromatic N) is 2. The molecule has 1 aliphatic rings. The van der Waals surface area contributed by atoms with Crippen LogP contribution >= 0.6 is 27.5 Å². The van der Waals surface area contributed by atoms with Crippen molar-refractivity contribution in [3.05, 3.63) is 39.6 Å². The first-order valence-corrected chi connectivity index (χ1v) is 7.23. The van der Waals surface area contributed by atoms with Gasteiger partial charge in [0.25, 0.3) is 0 Å². The molecule has 1 aromatic carbocycles. The van der Waals surface area contributed by atoms with Crippen molar-refractivity contribution in [3.8, 4) is 17.1 Å². The SMILES string of the molecule is COc1cccc(-c2nc(Cl)c(Br)c(C3CC3)n2)c1. The van der Waals surface area contributed by atoms with Crippen molar-refractivity contribution < 1.29 is 4.74 Å². The van der Waals surface area contributed by atoms with E-state index in [2.05, 4.69) is 25.9 Å². The van der Waals surface area contributed by atoms with E-state index in [1.54, 1.807) is 7.11 Å². The van der Waals surface area contributed by atoms with E-state index in [0.29, 0.717) is 16.9 Å². The highest BCUT2D eigenvalue weighted by Gasteiger charge is 2.29. The summed E-state index contributed by atoms with van der Waals surface area (Å²) in [4.78, 5) is 8.98. The van der Waals surface area contributed by atoms with Gasteiger partial charge >= 0.3 is 0 Å². The van der Waals surface area contributed by atoms with Crippen LogP contribution in [0, 0.1) is 0 Å². The molecule has 0 amide bonds. The molecule has 1 saturated carbocycles. The molecule has 19 heavy (non-hydrogen) atoms.